The van der Waals surface area contributed by atoms with Gasteiger partial charge in [-0.3, -0.25) is 0 Å². The first-order valence-electron chi connectivity index (χ1n) is 4.66. The number of aliphatic hydroxyl groups is 2. The van der Waals surface area contributed by atoms with Gasteiger partial charge >= 0.3 is 0 Å². The highest BCUT2D eigenvalue weighted by molar-refractivity contribution is 9.11. The van der Waals surface area contributed by atoms with Gasteiger partial charge < -0.3 is 14.9 Å². The molecular weight excluding hydrogens is 248 g/mol. The topological polar surface area (TPSA) is 49.7 Å². The number of hydrogen-bond donors (Lipinski definition) is 2. The van der Waals surface area contributed by atoms with Crippen molar-refractivity contribution in [2.24, 2.45) is 0 Å². The van der Waals surface area contributed by atoms with Crippen LogP contribution in [-0.2, 0) is 4.74 Å². The van der Waals surface area contributed by atoms with Crippen molar-refractivity contribution < 1.29 is 14.9 Å². The van der Waals surface area contributed by atoms with Gasteiger partial charge in [-0.2, -0.15) is 0 Å². The summed E-state index contributed by atoms with van der Waals surface area (Å²) in [4.78, 5) is 1.67. The van der Waals surface area contributed by atoms with E-state index in [1.165, 1.54) is 0 Å². The van der Waals surface area contributed by atoms with Crippen molar-refractivity contribution in [3.8, 4) is 0 Å². The minimum Gasteiger partial charge on any atom is -0.390 e. The molecule has 0 spiro atoms. The lowest BCUT2D eigenvalue weighted by atomic mass is 9.94. The van der Waals surface area contributed by atoms with Crippen molar-refractivity contribution in [2.75, 3.05) is 0 Å². The van der Waals surface area contributed by atoms with E-state index in [2.05, 4.69) is 15.9 Å². The van der Waals surface area contributed by atoms with E-state index in [1.54, 1.807) is 31.8 Å². The third-order valence-electron chi connectivity index (χ3n) is 2.68. The minimum atomic E-state index is -0.918. The Balaban J connectivity index is 2.78. The maximum absolute atomic E-state index is 9.80. The Morgan fingerprint density at radius 3 is 2.50 bits per heavy atom. The van der Waals surface area contributed by atoms with Crippen molar-refractivity contribution in [3.63, 3.8) is 0 Å². The molecule has 0 saturated carbocycles. The summed E-state index contributed by atoms with van der Waals surface area (Å²) in [5, 5.41) is 19.6. The highest BCUT2D eigenvalue weighted by atomic mass is 79.9. The second-order valence-corrected chi connectivity index (χ2v) is 5.02. The first kappa shape index (κ1) is 12.2. The van der Waals surface area contributed by atoms with Crippen LogP contribution >= 0.6 is 15.9 Å². The molecule has 1 aliphatic heterocycles. The number of ether oxygens (including phenoxy) is 1. The van der Waals surface area contributed by atoms with Crippen molar-refractivity contribution >= 4 is 15.9 Å². The van der Waals surface area contributed by atoms with Crippen molar-refractivity contribution in [3.05, 3.63) is 11.1 Å². The van der Waals surface area contributed by atoms with Crippen molar-refractivity contribution in [1.82, 2.24) is 0 Å². The van der Waals surface area contributed by atoms with Crippen LogP contribution in [0.1, 0.15) is 27.2 Å². The van der Waals surface area contributed by atoms with E-state index >= 15 is 0 Å². The average Bonchev–Trinajstić information content (AvgIpc) is 2.28. The molecule has 1 aliphatic rings. The summed E-state index contributed by atoms with van der Waals surface area (Å²) in [5.74, 6) is 0. The molecule has 1 rings (SSSR count). The Kier molecular flexibility index (Phi) is 3.41. The zero-order chi connectivity index (χ0) is 11.0. The van der Waals surface area contributed by atoms with Crippen LogP contribution in [0.5, 0.6) is 0 Å². The van der Waals surface area contributed by atoms with Gasteiger partial charge in [-0.1, -0.05) is 15.9 Å². The minimum absolute atomic E-state index is 0.328. The molecule has 0 aromatic rings. The molecule has 82 valence electrons. The van der Waals surface area contributed by atoms with Gasteiger partial charge in [0.2, 0.25) is 0 Å². The van der Waals surface area contributed by atoms with Crippen LogP contribution in [0.2, 0.25) is 0 Å². The maximum Gasteiger partial charge on any atom is 0.111 e. The van der Waals surface area contributed by atoms with Gasteiger partial charge in [0, 0.05) is 6.42 Å². The van der Waals surface area contributed by atoms with Gasteiger partial charge in [0.1, 0.15) is 5.60 Å². The number of halogens is 1. The van der Waals surface area contributed by atoms with Crippen LogP contribution in [0.4, 0.5) is 0 Å². The molecule has 0 aliphatic carbocycles. The van der Waals surface area contributed by atoms with Crippen LogP contribution < -0.4 is 0 Å². The molecular formula is C10H17BrO3. The van der Waals surface area contributed by atoms with Crippen LogP contribution in [0.3, 0.4) is 0 Å². The fourth-order valence-corrected chi connectivity index (χ4v) is 2.10. The van der Waals surface area contributed by atoms with E-state index in [9.17, 15) is 10.2 Å². The van der Waals surface area contributed by atoms with E-state index in [1.807, 2.05) is 0 Å². The summed E-state index contributed by atoms with van der Waals surface area (Å²) in [6, 6.07) is 0. The number of aliphatic hydroxyl groups excluding tert-OH is 1. The summed E-state index contributed by atoms with van der Waals surface area (Å²) in [6.07, 6.45) is 1.31. The van der Waals surface area contributed by atoms with E-state index in [0.717, 1.165) is 0 Å². The summed E-state index contributed by atoms with van der Waals surface area (Å²) >= 11 is 3.16. The number of rotatable bonds is 2. The molecule has 3 nitrogen and oxygen atoms in total. The SMILES string of the molecule is CC(C)(O)[C@H]1C[C@@H](O)[C@](C)(/C=C/Br)O1. The largest absolute Gasteiger partial charge is 0.390 e. The van der Waals surface area contributed by atoms with Crippen molar-refractivity contribution in [1.29, 1.82) is 0 Å². The quantitative estimate of drug-likeness (QED) is 0.796. The van der Waals surface area contributed by atoms with Crippen LogP contribution in [0.15, 0.2) is 11.1 Å². The predicted molar refractivity (Wildman–Crippen MR) is 58.3 cm³/mol. The van der Waals surface area contributed by atoms with Crippen molar-refractivity contribution in [2.45, 2.75) is 50.6 Å². The third kappa shape index (κ3) is 2.37. The summed E-state index contributed by atoms with van der Waals surface area (Å²) in [6.45, 7) is 5.18. The third-order valence-corrected chi connectivity index (χ3v) is 2.94. The Morgan fingerprint density at radius 1 is 1.57 bits per heavy atom. The van der Waals surface area contributed by atoms with Gasteiger partial charge in [0.15, 0.2) is 0 Å². The molecule has 14 heavy (non-hydrogen) atoms. The van der Waals surface area contributed by atoms with E-state index in [0.29, 0.717) is 6.42 Å². The van der Waals surface area contributed by atoms with E-state index in [-0.39, 0.29) is 6.10 Å². The molecule has 2 N–H and O–H groups in total. The summed E-state index contributed by atoms with van der Waals surface area (Å²) in [7, 11) is 0. The Labute approximate surface area is 92.9 Å². The zero-order valence-corrected chi connectivity index (χ0v) is 10.3. The predicted octanol–water partition coefficient (Wildman–Crippen LogP) is 1.57. The normalized spacial score (nSPS) is 39.6. The molecule has 3 atom stereocenters. The fraction of sp³-hybridized carbons (Fsp3) is 0.800. The molecule has 1 heterocycles. The maximum atomic E-state index is 9.80. The van der Waals surface area contributed by atoms with Gasteiger partial charge in [-0.15, -0.1) is 0 Å². The molecule has 0 amide bonds. The molecule has 0 aromatic heterocycles. The van der Waals surface area contributed by atoms with Crippen LogP contribution in [0, 0.1) is 0 Å². The first-order chi connectivity index (χ1) is 6.29. The molecule has 4 heteroatoms. The summed E-state index contributed by atoms with van der Waals surface area (Å²) in [5.41, 5.74) is -1.62. The molecule has 0 aromatic carbocycles. The van der Waals surface area contributed by atoms with Gasteiger partial charge in [0.05, 0.1) is 17.8 Å². The first-order valence-corrected chi connectivity index (χ1v) is 5.57. The molecule has 0 unspecified atom stereocenters. The standard InChI is InChI=1S/C10H17BrO3/c1-9(2,13)8-6-7(12)10(3,14-8)4-5-11/h4-5,7-8,12-13H,6H2,1-3H3/b5-4+/t7-,8-,10+/m1/s1. The highest BCUT2D eigenvalue weighted by Gasteiger charge is 2.47. The highest BCUT2D eigenvalue weighted by Crippen LogP contribution is 2.36. The monoisotopic (exact) mass is 264 g/mol. The molecule has 0 radical (unpaired) electrons. The Bertz CT molecular complexity index is 234. The van der Waals surface area contributed by atoms with Crippen LogP contribution in [0.25, 0.3) is 0 Å². The van der Waals surface area contributed by atoms with Crippen LogP contribution in [-0.4, -0.2) is 33.6 Å². The van der Waals surface area contributed by atoms with E-state index < -0.39 is 17.3 Å². The van der Waals surface area contributed by atoms with E-state index in [4.69, 9.17) is 4.74 Å². The lowest BCUT2D eigenvalue weighted by Crippen LogP contribution is -2.38. The van der Waals surface area contributed by atoms with Gasteiger partial charge in [0.25, 0.3) is 0 Å². The average molecular weight is 265 g/mol. The fourth-order valence-electron chi connectivity index (χ4n) is 1.58. The lowest BCUT2D eigenvalue weighted by Gasteiger charge is -2.28. The molecule has 1 fully saturated rings. The smallest absolute Gasteiger partial charge is 0.111 e. The number of hydrogen-bond acceptors (Lipinski definition) is 3. The second kappa shape index (κ2) is 3.93. The molecule has 1 saturated heterocycles. The Hall–Kier alpha value is 0.1000. The van der Waals surface area contributed by atoms with Gasteiger partial charge in [-0.25, -0.2) is 0 Å². The van der Waals surface area contributed by atoms with Gasteiger partial charge in [-0.05, 0) is 31.8 Å². The zero-order valence-electron chi connectivity index (χ0n) is 8.70. The lowest BCUT2D eigenvalue weighted by molar-refractivity contribution is -0.108. The second-order valence-electron chi connectivity index (χ2n) is 4.49. The molecule has 0 bridgehead atoms. The summed E-state index contributed by atoms with van der Waals surface area (Å²) < 4.78 is 5.65. The Morgan fingerprint density at radius 2 is 2.14 bits per heavy atom.